The number of hydrogen-bond acceptors (Lipinski definition) is 7. The van der Waals surface area contributed by atoms with E-state index in [0.29, 0.717) is 22.6 Å². The summed E-state index contributed by atoms with van der Waals surface area (Å²) in [5, 5.41) is 6.44. The van der Waals surface area contributed by atoms with Crippen LogP contribution in [0.15, 0.2) is 25.6 Å². The van der Waals surface area contributed by atoms with Gasteiger partial charge in [-0.1, -0.05) is 5.16 Å². The summed E-state index contributed by atoms with van der Waals surface area (Å²) in [4.78, 5) is 5.02. The number of halogens is 1. The highest BCUT2D eigenvalue weighted by molar-refractivity contribution is 9.11. The molecule has 0 aromatic carbocycles. The molecule has 0 fully saturated rings. The Balaban J connectivity index is 2.02. The molecular formula is C10H13BrN4O3S2. The monoisotopic (exact) mass is 380 g/mol. The second-order valence-corrected chi connectivity index (χ2v) is 8.05. The van der Waals surface area contributed by atoms with E-state index in [1.54, 1.807) is 6.07 Å². The third-order valence-electron chi connectivity index (χ3n) is 2.38. The predicted octanol–water partition coefficient (Wildman–Crippen LogP) is 1.13. The smallest absolute Gasteiger partial charge is 0.242 e. The Bertz CT molecular complexity index is 654. The van der Waals surface area contributed by atoms with E-state index >= 15 is 0 Å². The topological polar surface area (TPSA) is 97.1 Å². The Kier molecular flexibility index (Phi) is 5.27. The van der Waals surface area contributed by atoms with Crippen molar-refractivity contribution in [3.63, 3.8) is 0 Å². The Morgan fingerprint density at radius 1 is 1.50 bits per heavy atom. The van der Waals surface area contributed by atoms with E-state index in [2.05, 4.69) is 36.1 Å². The predicted molar refractivity (Wildman–Crippen MR) is 78.0 cm³/mol. The summed E-state index contributed by atoms with van der Waals surface area (Å²) >= 11 is 4.68. The van der Waals surface area contributed by atoms with Crippen molar-refractivity contribution in [1.82, 2.24) is 20.2 Å². The Morgan fingerprint density at radius 3 is 2.95 bits per heavy atom. The molecule has 2 rings (SSSR count). The molecule has 110 valence electrons. The lowest BCUT2D eigenvalue weighted by Gasteiger charge is -2.03. The second-order valence-electron chi connectivity index (χ2n) is 3.86. The van der Waals surface area contributed by atoms with Gasteiger partial charge in [0.2, 0.25) is 15.9 Å². The van der Waals surface area contributed by atoms with Crippen molar-refractivity contribution in [3.8, 4) is 0 Å². The maximum Gasteiger partial charge on any atom is 0.242 e. The van der Waals surface area contributed by atoms with Gasteiger partial charge in [-0.15, -0.1) is 11.3 Å². The molecule has 2 N–H and O–H groups in total. The van der Waals surface area contributed by atoms with Gasteiger partial charge >= 0.3 is 0 Å². The number of aromatic nitrogens is 2. The van der Waals surface area contributed by atoms with Crippen molar-refractivity contribution in [2.24, 2.45) is 0 Å². The second kappa shape index (κ2) is 6.76. The van der Waals surface area contributed by atoms with E-state index < -0.39 is 10.0 Å². The summed E-state index contributed by atoms with van der Waals surface area (Å²) in [6, 6.07) is 1.65. The first-order valence-corrected chi connectivity index (χ1v) is 8.80. The van der Waals surface area contributed by atoms with Crippen LogP contribution < -0.4 is 10.0 Å². The zero-order valence-electron chi connectivity index (χ0n) is 10.6. The highest BCUT2D eigenvalue weighted by atomic mass is 79.9. The third-order valence-corrected chi connectivity index (χ3v) is 6.10. The van der Waals surface area contributed by atoms with Gasteiger partial charge in [-0.05, 0) is 29.0 Å². The fourth-order valence-electron chi connectivity index (χ4n) is 1.52. The van der Waals surface area contributed by atoms with Gasteiger partial charge in [0.1, 0.15) is 4.90 Å². The van der Waals surface area contributed by atoms with Crippen LogP contribution in [0.1, 0.15) is 10.8 Å². The number of hydrogen-bond donors (Lipinski definition) is 2. The lowest BCUT2D eigenvalue weighted by Crippen LogP contribution is -2.26. The zero-order valence-corrected chi connectivity index (χ0v) is 13.8. The average Bonchev–Trinajstić information content (AvgIpc) is 2.99. The van der Waals surface area contributed by atoms with Gasteiger partial charge in [0.25, 0.3) is 0 Å². The van der Waals surface area contributed by atoms with Gasteiger partial charge in [0.15, 0.2) is 6.33 Å². The van der Waals surface area contributed by atoms with Gasteiger partial charge in [-0.25, -0.2) is 13.1 Å². The fraction of sp³-hybridized carbons (Fsp3) is 0.400. The summed E-state index contributed by atoms with van der Waals surface area (Å²) in [7, 11) is -1.74. The molecule has 0 unspecified atom stereocenters. The molecule has 20 heavy (non-hydrogen) atoms. The Morgan fingerprint density at radius 2 is 2.30 bits per heavy atom. The summed E-state index contributed by atoms with van der Waals surface area (Å²) in [5.41, 5.74) is 0. The third kappa shape index (κ3) is 3.85. The van der Waals surface area contributed by atoms with Crippen molar-refractivity contribution in [2.75, 3.05) is 13.6 Å². The molecular weight excluding hydrogens is 368 g/mol. The molecule has 2 aromatic heterocycles. The van der Waals surface area contributed by atoms with Crippen molar-refractivity contribution < 1.29 is 12.9 Å². The van der Waals surface area contributed by atoms with Crippen molar-refractivity contribution in [1.29, 1.82) is 0 Å². The van der Waals surface area contributed by atoms with Crippen molar-refractivity contribution >= 4 is 37.3 Å². The number of nitrogens with one attached hydrogen (secondary N) is 2. The maximum absolute atomic E-state index is 12.2. The fourth-order valence-corrected chi connectivity index (χ4v) is 5.24. The van der Waals surface area contributed by atoms with Crippen molar-refractivity contribution in [3.05, 3.63) is 26.9 Å². The lowest BCUT2D eigenvalue weighted by molar-refractivity contribution is 0.377. The highest BCUT2D eigenvalue weighted by Crippen LogP contribution is 2.31. The number of sulfonamides is 1. The summed E-state index contributed by atoms with van der Waals surface area (Å²) in [6.07, 6.45) is 1.63. The van der Waals surface area contributed by atoms with Crippen LogP contribution in [0.4, 0.5) is 0 Å². The minimum Gasteiger partial charge on any atom is -0.340 e. The molecule has 0 bridgehead atoms. The molecule has 0 saturated carbocycles. The Hall–Kier alpha value is -0.810. The summed E-state index contributed by atoms with van der Waals surface area (Å²) in [5.74, 6) is 0.396. The molecule has 0 aliphatic rings. The molecule has 0 aliphatic heterocycles. The van der Waals surface area contributed by atoms with Crippen molar-refractivity contribution in [2.45, 2.75) is 17.9 Å². The quantitative estimate of drug-likeness (QED) is 0.747. The average molecular weight is 381 g/mol. The molecule has 0 saturated heterocycles. The number of nitrogens with zero attached hydrogens (tertiary/aromatic N) is 2. The van der Waals surface area contributed by atoms with E-state index in [1.807, 2.05) is 7.05 Å². The van der Waals surface area contributed by atoms with Gasteiger partial charge in [0.05, 0.1) is 3.79 Å². The first kappa shape index (κ1) is 15.6. The first-order chi connectivity index (χ1) is 9.53. The van der Waals surface area contributed by atoms with Crippen LogP contribution in [0.2, 0.25) is 0 Å². The van der Waals surface area contributed by atoms with Gasteiger partial charge in [0, 0.05) is 24.4 Å². The molecule has 10 heteroatoms. The van der Waals surface area contributed by atoms with E-state index in [4.69, 9.17) is 4.52 Å². The highest BCUT2D eigenvalue weighted by Gasteiger charge is 2.20. The van der Waals surface area contributed by atoms with E-state index in [9.17, 15) is 8.42 Å². The molecule has 0 aliphatic carbocycles. The van der Waals surface area contributed by atoms with Gasteiger partial charge < -0.3 is 9.84 Å². The first-order valence-electron chi connectivity index (χ1n) is 5.71. The van der Waals surface area contributed by atoms with E-state index in [0.717, 1.165) is 4.88 Å². The lowest BCUT2D eigenvalue weighted by atomic mass is 10.4. The number of rotatable bonds is 7. The van der Waals surface area contributed by atoms with E-state index in [-0.39, 0.29) is 11.4 Å². The van der Waals surface area contributed by atoms with Gasteiger partial charge in [-0.3, -0.25) is 0 Å². The van der Waals surface area contributed by atoms with Crippen LogP contribution in [0.3, 0.4) is 0 Å². The minimum absolute atomic E-state index is 0.203. The summed E-state index contributed by atoms with van der Waals surface area (Å²) < 4.78 is 32.3. The van der Waals surface area contributed by atoms with Crippen LogP contribution in [0, 0.1) is 0 Å². The SMILES string of the molecule is CNCc1cc(S(=O)(=O)NCCc2ncno2)c(Br)s1. The van der Waals surface area contributed by atoms with E-state index in [1.165, 1.54) is 17.7 Å². The molecule has 0 spiro atoms. The standard InChI is InChI=1S/C10H13BrN4O3S2/c1-12-5-7-4-8(10(11)19-7)20(16,17)15-3-2-9-13-6-14-18-9/h4,6,12,15H,2-3,5H2,1H3. The Labute approximate surface area is 129 Å². The largest absolute Gasteiger partial charge is 0.340 e. The molecule has 0 atom stereocenters. The van der Waals surface area contributed by atoms with Crippen LogP contribution in [0.25, 0.3) is 0 Å². The summed E-state index contributed by atoms with van der Waals surface area (Å²) in [6.45, 7) is 0.828. The molecule has 0 radical (unpaired) electrons. The van der Waals surface area contributed by atoms with Crippen LogP contribution in [0.5, 0.6) is 0 Å². The zero-order chi connectivity index (χ0) is 14.6. The molecule has 2 heterocycles. The molecule has 0 amide bonds. The van der Waals surface area contributed by atoms with Crippen LogP contribution in [-0.4, -0.2) is 32.2 Å². The van der Waals surface area contributed by atoms with Gasteiger partial charge in [-0.2, -0.15) is 4.98 Å². The van der Waals surface area contributed by atoms with Crippen LogP contribution in [-0.2, 0) is 23.0 Å². The molecule has 2 aromatic rings. The number of thiophene rings is 1. The maximum atomic E-state index is 12.2. The van der Waals surface area contributed by atoms with Crippen LogP contribution >= 0.6 is 27.3 Å². The molecule has 7 nitrogen and oxygen atoms in total. The minimum atomic E-state index is -3.55. The normalized spacial score (nSPS) is 11.9.